The summed E-state index contributed by atoms with van der Waals surface area (Å²) in [7, 11) is 0. The first-order chi connectivity index (χ1) is 12.2. The lowest BCUT2D eigenvalue weighted by Crippen LogP contribution is -2.36. The first kappa shape index (κ1) is 15.6. The quantitative estimate of drug-likeness (QED) is 0.733. The molecule has 0 saturated carbocycles. The molecule has 0 unspecified atom stereocenters. The third-order valence-corrected chi connectivity index (χ3v) is 4.28. The topological polar surface area (TPSA) is 68.5 Å². The molecule has 3 aromatic rings. The molecule has 6 nitrogen and oxygen atoms in total. The van der Waals surface area contributed by atoms with Gasteiger partial charge >= 0.3 is 0 Å². The normalized spacial score (nSPS) is 13.8. The average Bonchev–Trinajstić information content (AvgIpc) is 3.09. The molecule has 1 aromatic carbocycles. The van der Waals surface area contributed by atoms with Crippen LogP contribution in [-0.4, -0.2) is 33.9 Å². The van der Waals surface area contributed by atoms with Crippen LogP contribution >= 0.6 is 0 Å². The van der Waals surface area contributed by atoms with Crippen LogP contribution in [0.1, 0.15) is 28.5 Å². The lowest BCUT2D eigenvalue weighted by atomic mass is 10.0. The van der Waals surface area contributed by atoms with Crippen molar-refractivity contribution in [2.24, 2.45) is 0 Å². The minimum Gasteiger partial charge on any atom is -0.478 e. The lowest BCUT2D eigenvalue weighted by molar-refractivity contribution is 0.0731. The van der Waals surface area contributed by atoms with Crippen LogP contribution in [0, 0.1) is 5.82 Å². The summed E-state index contributed by atoms with van der Waals surface area (Å²) in [5.74, 6) is -0.253. The van der Waals surface area contributed by atoms with E-state index in [2.05, 4.69) is 9.97 Å². The first-order valence-electron chi connectivity index (χ1n) is 8.09. The minimum atomic E-state index is -0.465. The summed E-state index contributed by atoms with van der Waals surface area (Å²) in [5, 5.41) is 0.569. The molecule has 0 radical (unpaired) electrons. The predicted molar refractivity (Wildman–Crippen MR) is 87.8 cm³/mol. The molecule has 0 aliphatic carbocycles. The van der Waals surface area contributed by atoms with Gasteiger partial charge in [0, 0.05) is 18.4 Å². The molecular formula is C18H16FN3O3. The Hall–Kier alpha value is -2.96. The van der Waals surface area contributed by atoms with Crippen LogP contribution in [0.4, 0.5) is 4.39 Å². The van der Waals surface area contributed by atoms with Gasteiger partial charge in [-0.25, -0.2) is 14.4 Å². The molecule has 2 aromatic heterocycles. The molecule has 0 fully saturated rings. The number of carbonyl (C=O) groups excluding carboxylic acids is 1. The standard InChI is InChI=1S/C18H16FN3O3/c1-2-24-17-14-9-22(5-3-15(14)20-10-21-17)18(23)13-8-12(19)7-11-4-6-25-16(11)13/h4,6-8,10H,2-3,5,9H2,1H3. The predicted octanol–water partition coefficient (Wildman–Crippen LogP) is 2.96. The van der Waals surface area contributed by atoms with Gasteiger partial charge in [0.2, 0.25) is 5.88 Å². The minimum absolute atomic E-state index is 0.221. The van der Waals surface area contributed by atoms with Gasteiger partial charge in [-0.1, -0.05) is 0 Å². The molecule has 7 heteroatoms. The van der Waals surface area contributed by atoms with Crippen molar-refractivity contribution in [2.45, 2.75) is 19.9 Å². The number of halogens is 1. The zero-order valence-corrected chi connectivity index (χ0v) is 13.7. The Kier molecular flexibility index (Phi) is 3.83. The van der Waals surface area contributed by atoms with Crippen molar-refractivity contribution in [1.82, 2.24) is 14.9 Å². The number of amides is 1. The largest absolute Gasteiger partial charge is 0.478 e. The molecule has 0 bridgehead atoms. The number of carbonyl (C=O) groups is 1. The van der Waals surface area contributed by atoms with Gasteiger partial charge in [-0.15, -0.1) is 0 Å². The molecule has 0 saturated heterocycles. The number of benzene rings is 1. The van der Waals surface area contributed by atoms with Gasteiger partial charge in [0.05, 0.1) is 36.2 Å². The monoisotopic (exact) mass is 341 g/mol. The SMILES string of the molecule is CCOc1ncnc2c1CN(C(=O)c1cc(F)cc3ccoc13)CC2. The summed E-state index contributed by atoms with van der Waals surface area (Å²) in [5.41, 5.74) is 2.30. The van der Waals surface area contributed by atoms with Crippen molar-refractivity contribution in [3.63, 3.8) is 0 Å². The third-order valence-electron chi connectivity index (χ3n) is 4.28. The maximum atomic E-state index is 13.9. The van der Waals surface area contributed by atoms with Crippen LogP contribution in [0.3, 0.4) is 0 Å². The van der Waals surface area contributed by atoms with Crippen LogP contribution < -0.4 is 4.74 Å². The van der Waals surface area contributed by atoms with E-state index in [1.54, 1.807) is 11.0 Å². The second-order valence-electron chi connectivity index (χ2n) is 5.81. The number of aromatic nitrogens is 2. The van der Waals surface area contributed by atoms with Gasteiger partial charge in [0.25, 0.3) is 5.91 Å². The van der Waals surface area contributed by atoms with E-state index in [9.17, 15) is 9.18 Å². The average molecular weight is 341 g/mol. The molecule has 0 N–H and O–H groups in total. The molecule has 1 amide bonds. The van der Waals surface area contributed by atoms with Gasteiger partial charge in [-0.05, 0) is 25.1 Å². The van der Waals surface area contributed by atoms with Crippen molar-refractivity contribution in [1.29, 1.82) is 0 Å². The molecule has 0 spiro atoms. The highest BCUT2D eigenvalue weighted by Crippen LogP contribution is 2.28. The first-order valence-corrected chi connectivity index (χ1v) is 8.09. The van der Waals surface area contributed by atoms with E-state index in [1.165, 1.54) is 24.7 Å². The number of rotatable bonds is 3. The van der Waals surface area contributed by atoms with Gasteiger partial charge in [-0.2, -0.15) is 0 Å². The summed E-state index contributed by atoms with van der Waals surface area (Å²) < 4.78 is 24.8. The number of nitrogens with zero attached hydrogens (tertiary/aromatic N) is 3. The zero-order chi connectivity index (χ0) is 17.4. The van der Waals surface area contributed by atoms with E-state index < -0.39 is 5.82 Å². The van der Waals surface area contributed by atoms with Crippen LogP contribution in [0.5, 0.6) is 5.88 Å². The molecule has 1 aliphatic rings. The fraction of sp³-hybridized carbons (Fsp3) is 0.278. The molecule has 25 heavy (non-hydrogen) atoms. The lowest BCUT2D eigenvalue weighted by Gasteiger charge is -2.29. The van der Waals surface area contributed by atoms with Crippen LogP contribution in [0.25, 0.3) is 11.0 Å². The van der Waals surface area contributed by atoms with E-state index in [1.807, 2.05) is 6.92 Å². The Bertz CT molecular complexity index is 954. The van der Waals surface area contributed by atoms with Crippen molar-refractivity contribution in [3.05, 3.63) is 53.4 Å². The molecular weight excluding hydrogens is 325 g/mol. The molecule has 1 aliphatic heterocycles. The maximum Gasteiger partial charge on any atom is 0.258 e. The van der Waals surface area contributed by atoms with Crippen molar-refractivity contribution < 1.29 is 18.3 Å². The third kappa shape index (κ3) is 2.71. The van der Waals surface area contributed by atoms with Crippen LogP contribution in [0.15, 0.2) is 35.2 Å². The molecule has 3 heterocycles. The number of fused-ring (bicyclic) bond motifs is 2. The number of ether oxygens (including phenoxy) is 1. The van der Waals surface area contributed by atoms with Gasteiger partial charge < -0.3 is 14.1 Å². The highest BCUT2D eigenvalue weighted by molar-refractivity contribution is 6.05. The summed E-state index contributed by atoms with van der Waals surface area (Å²) in [6, 6.07) is 4.21. The highest BCUT2D eigenvalue weighted by atomic mass is 19.1. The fourth-order valence-corrected chi connectivity index (χ4v) is 3.12. The highest BCUT2D eigenvalue weighted by Gasteiger charge is 2.27. The Morgan fingerprint density at radius 1 is 1.40 bits per heavy atom. The van der Waals surface area contributed by atoms with Crippen molar-refractivity contribution in [3.8, 4) is 5.88 Å². The Morgan fingerprint density at radius 3 is 3.12 bits per heavy atom. The second-order valence-corrected chi connectivity index (χ2v) is 5.81. The van der Waals surface area contributed by atoms with Crippen LogP contribution in [-0.2, 0) is 13.0 Å². The number of hydrogen-bond acceptors (Lipinski definition) is 5. The zero-order valence-electron chi connectivity index (χ0n) is 13.7. The summed E-state index contributed by atoms with van der Waals surface area (Å²) in [6.07, 6.45) is 3.52. The van der Waals surface area contributed by atoms with Crippen molar-refractivity contribution >= 4 is 16.9 Å². The van der Waals surface area contributed by atoms with E-state index >= 15 is 0 Å². The van der Waals surface area contributed by atoms with E-state index in [4.69, 9.17) is 9.15 Å². The Balaban J connectivity index is 1.69. The number of hydrogen-bond donors (Lipinski definition) is 0. The smallest absolute Gasteiger partial charge is 0.258 e. The van der Waals surface area contributed by atoms with Gasteiger partial charge in [-0.3, -0.25) is 4.79 Å². The summed E-state index contributed by atoms with van der Waals surface area (Å²) in [4.78, 5) is 23.0. The van der Waals surface area contributed by atoms with Gasteiger partial charge in [0.1, 0.15) is 17.7 Å². The van der Waals surface area contributed by atoms with Crippen LogP contribution in [0.2, 0.25) is 0 Å². The molecule has 128 valence electrons. The second kappa shape index (κ2) is 6.16. The maximum absolute atomic E-state index is 13.9. The Labute approximate surface area is 143 Å². The van der Waals surface area contributed by atoms with E-state index in [-0.39, 0.29) is 11.5 Å². The summed E-state index contributed by atoms with van der Waals surface area (Å²) >= 11 is 0. The molecule has 0 atom stereocenters. The fourth-order valence-electron chi connectivity index (χ4n) is 3.12. The van der Waals surface area contributed by atoms with Crippen molar-refractivity contribution in [2.75, 3.05) is 13.2 Å². The number of furan rings is 1. The van der Waals surface area contributed by atoms with E-state index in [0.717, 1.165) is 11.3 Å². The Morgan fingerprint density at radius 2 is 2.28 bits per heavy atom. The van der Waals surface area contributed by atoms with E-state index in [0.29, 0.717) is 43.0 Å². The summed E-state index contributed by atoms with van der Waals surface area (Å²) in [6.45, 7) is 3.17. The van der Waals surface area contributed by atoms with Gasteiger partial charge in [0.15, 0.2) is 0 Å². The molecule has 4 rings (SSSR count).